The van der Waals surface area contributed by atoms with Crippen molar-refractivity contribution < 1.29 is 19.0 Å². The SMILES string of the molecule is COc1ccc(CCNC(=O)CC2CCCN2)c(OC)c1OC.Cl. The molecule has 0 spiro atoms. The van der Waals surface area contributed by atoms with E-state index in [9.17, 15) is 4.79 Å². The van der Waals surface area contributed by atoms with E-state index >= 15 is 0 Å². The number of ether oxygens (including phenoxy) is 3. The monoisotopic (exact) mass is 358 g/mol. The lowest BCUT2D eigenvalue weighted by Crippen LogP contribution is -2.32. The van der Waals surface area contributed by atoms with Gasteiger partial charge in [0.1, 0.15) is 0 Å². The van der Waals surface area contributed by atoms with Crippen LogP contribution < -0.4 is 24.8 Å². The highest BCUT2D eigenvalue weighted by Crippen LogP contribution is 2.39. The third-order valence-electron chi connectivity index (χ3n) is 4.10. The molecule has 2 N–H and O–H groups in total. The van der Waals surface area contributed by atoms with Crippen molar-refractivity contribution in [2.75, 3.05) is 34.4 Å². The Bertz CT molecular complexity index is 534. The van der Waals surface area contributed by atoms with Gasteiger partial charge in [-0.2, -0.15) is 0 Å². The molecule has 1 aromatic rings. The molecule has 1 aromatic carbocycles. The van der Waals surface area contributed by atoms with Gasteiger partial charge in [0.15, 0.2) is 11.5 Å². The Morgan fingerprint density at radius 1 is 1.21 bits per heavy atom. The zero-order valence-electron chi connectivity index (χ0n) is 14.5. The molecule has 0 aliphatic carbocycles. The lowest BCUT2D eigenvalue weighted by Gasteiger charge is -2.16. The topological polar surface area (TPSA) is 68.8 Å². The number of amides is 1. The van der Waals surface area contributed by atoms with Crippen LogP contribution >= 0.6 is 12.4 Å². The molecule has 1 unspecified atom stereocenters. The summed E-state index contributed by atoms with van der Waals surface area (Å²) in [5, 5.41) is 6.30. The Kier molecular flexibility index (Phi) is 8.71. The van der Waals surface area contributed by atoms with E-state index in [0.29, 0.717) is 42.7 Å². The summed E-state index contributed by atoms with van der Waals surface area (Å²) in [5.41, 5.74) is 0.976. The molecule has 1 aliphatic rings. The van der Waals surface area contributed by atoms with Crippen LogP contribution in [0.1, 0.15) is 24.8 Å². The first-order valence-corrected chi connectivity index (χ1v) is 7.97. The van der Waals surface area contributed by atoms with E-state index in [2.05, 4.69) is 10.6 Å². The molecule has 1 atom stereocenters. The van der Waals surface area contributed by atoms with Gasteiger partial charge in [0, 0.05) is 24.6 Å². The first-order chi connectivity index (χ1) is 11.2. The van der Waals surface area contributed by atoms with Gasteiger partial charge in [-0.25, -0.2) is 0 Å². The van der Waals surface area contributed by atoms with E-state index < -0.39 is 0 Å². The van der Waals surface area contributed by atoms with Gasteiger partial charge in [-0.3, -0.25) is 4.79 Å². The van der Waals surface area contributed by atoms with Crippen LogP contribution in [0, 0.1) is 0 Å². The number of carbonyl (C=O) groups is 1. The second-order valence-electron chi connectivity index (χ2n) is 5.59. The Morgan fingerprint density at radius 2 is 1.96 bits per heavy atom. The van der Waals surface area contributed by atoms with Crippen LogP contribution in [0.25, 0.3) is 0 Å². The van der Waals surface area contributed by atoms with Gasteiger partial charge in [0.25, 0.3) is 0 Å². The fraction of sp³-hybridized carbons (Fsp3) is 0.588. The second-order valence-corrected chi connectivity index (χ2v) is 5.59. The molecule has 6 nitrogen and oxygen atoms in total. The number of hydrogen-bond acceptors (Lipinski definition) is 5. The maximum atomic E-state index is 11.9. The molecule has 0 saturated carbocycles. The van der Waals surface area contributed by atoms with Gasteiger partial charge in [-0.15, -0.1) is 12.4 Å². The summed E-state index contributed by atoms with van der Waals surface area (Å²) in [6.07, 6.45) is 3.45. The zero-order valence-corrected chi connectivity index (χ0v) is 15.3. The molecule has 0 radical (unpaired) electrons. The van der Waals surface area contributed by atoms with Crippen molar-refractivity contribution in [2.45, 2.75) is 31.7 Å². The van der Waals surface area contributed by atoms with Crippen LogP contribution in [0.5, 0.6) is 17.2 Å². The molecule has 1 saturated heterocycles. The van der Waals surface area contributed by atoms with Crippen molar-refractivity contribution in [3.63, 3.8) is 0 Å². The molecule has 1 fully saturated rings. The number of nitrogens with one attached hydrogen (secondary N) is 2. The van der Waals surface area contributed by atoms with Gasteiger partial charge >= 0.3 is 0 Å². The van der Waals surface area contributed by atoms with Crippen molar-refractivity contribution in [1.29, 1.82) is 0 Å². The van der Waals surface area contributed by atoms with Crippen molar-refractivity contribution in [2.24, 2.45) is 0 Å². The summed E-state index contributed by atoms with van der Waals surface area (Å²) in [6, 6.07) is 4.11. The third kappa shape index (κ3) is 5.18. The van der Waals surface area contributed by atoms with Crippen LogP contribution in [0.2, 0.25) is 0 Å². The Labute approximate surface area is 149 Å². The van der Waals surface area contributed by atoms with E-state index in [1.165, 1.54) is 0 Å². The lowest BCUT2D eigenvalue weighted by atomic mass is 10.1. The number of rotatable bonds is 8. The highest BCUT2D eigenvalue weighted by atomic mass is 35.5. The van der Waals surface area contributed by atoms with Gasteiger partial charge in [0.2, 0.25) is 11.7 Å². The summed E-state index contributed by atoms with van der Waals surface area (Å²) >= 11 is 0. The second kappa shape index (κ2) is 10.3. The van der Waals surface area contributed by atoms with Crippen molar-refractivity contribution in [3.8, 4) is 17.2 Å². The van der Waals surface area contributed by atoms with Gasteiger partial charge in [-0.05, 0) is 31.9 Å². The zero-order chi connectivity index (χ0) is 16.7. The summed E-state index contributed by atoms with van der Waals surface area (Å²) < 4.78 is 16.1. The Balaban J connectivity index is 0.00000288. The molecule has 1 amide bonds. The van der Waals surface area contributed by atoms with E-state index in [4.69, 9.17) is 14.2 Å². The van der Waals surface area contributed by atoms with Crippen molar-refractivity contribution in [3.05, 3.63) is 17.7 Å². The largest absolute Gasteiger partial charge is 0.493 e. The van der Waals surface area contributed by atoms with Crippen LogP contribution in [0.4, 0.5) is 0 Å². The molecular weight excluding hydrogens is 332 g/mol. The summed E-state index contributed by atoms with van der Waals surface area (Å²) in [7, 11) is 4.78. The molecule has 136 valence electrons. The number of carbonyl (C=O) groups excluding carboxylic acids is 1. The average Bonchev–Trinajstić information content (AvgIpc) is 3.06. The molecule has 0 bridgehead atoms. The fourth-order valence-corrected chi connectivity index (χ4v) is 2.92. The van der Waals surface area contributed by atoms with E-state index in [1.807, 2.05) is 12.1 Å². The standard InChI is InChI=1S/C17H26N2O4.ClH/c1-21-14-7-6-12(16(22-2)17(14)23-3)8-10-19-15(20)11-13-5-4-9-18-13;/h6-7,13,18H,4-5,8-11H2,1-3H3,(H,19,20);1H. The fourth-order valence-electron chi connectivity index (χ4n) is 2.92. The van der Waals surface area contributed by atoms with Gasteiger partial charge < -0.3 is 24.8 Å². The predicted molar refractivity (Wildman–Crippen MR) is 95.7 cm³/mol. The maximum Gasteiger partial charge on any atom is 0.221 e. The van der Waals surface area contributed by atoms with Gasteiger partial charge in [0.05, 0.1) is 21.3 Å². The minimum absolute atomic E-state index is 0. The first-order valence-electron chi connectivity index (χ1n) is 7.97. The highest BCUT2D eigenvalue weighted by molar-refractivity contribution is 5.85. The first kappa shape index (κ1) is 20.4. The molecule has 1 heterocycles. The average molecular weight is 359 g/mol. The smallest absolute Gasteiger partial charge is 0.221 e. The van der Waals surface area contributed by atoms with Crippen molar-refractivity contribution >= 4 is 18.3 Å². The summed E-state index contributed by atoms with van der Waals surface area (Å²) in [4.78, 5) is 11.9. The predicted octanol–water partition coefficient (Wildman–Crippen LogP) is 1.94. The van der Waals surface area contributed by atoms with Crippen LogP contribution in [0.3, 0.4) is 0 Å². The maximum absolute atomic E-state index is 11.9. The number of hydrogen-bond donors (Lipinski definition) is 2. The minimum atomic E-state index is 0. The number of halogens is 1. The number of benzene rings is 1. The molecule has 7 heteroatoms. The summed E-state index contributed by atoms with van der Waals surface area (Å²) in [5.74, 6) is 1.95. The normalized spacial score (nSPS) is 16.2. The highest BCUT2D eigenvalue weighted by Gasteiger charge is 2.18. The van der Waals surface area contributed by atoms with Crippen LogP contribution in [0.15, 0.2) is 12.1 Å². The lowest BCUT2D eigenvalue weighted by molar-refractivity contribution is -0.121. The van der Waals surface area contributed by atoms with Crippen LogP contribution in [-0.2, 0) is 11.2 Å². The minimum Gasteiger partial charge on any atom is -0.493 e. The summed E-state index contributed by atoms with van der Waals surface area (Å²) in [6.45, 7) is 1.58. The van der Waals surface area contributed by atoms with Crippen molar-refractivity contribution in [1.82, 2.24) is 10.6 Å². The van der Waals surface area contributed by atoms with Crippen LogP contribution in [-0.4, -0.2) is 46.4 Å². The Morgan fingerprint density at radius 3 is 2.54 bits per heavy atom. The molecule has 24 heavy (non-hydrogen) atoms. The van der Waals surface area contributed by atoms with E-state index in [-0.39, 0.29) is 18.3 Å². The molecule has 2 rings (SSSR count). The van der Waals surface area contributed by atoms with E-state index in [0.717, 1.165) is 24.9 Å². The quantitative estimate of drug-likeness (QED) is 0.743. The third-order valence-corrected chi connectivity index (χ3v) is 4.10. The molecule has 0 aromatic heterocycles. The molecule has 1 aliphatic heterocycles. The van der Waals surface area contributed by atoms with E-state index in [1.54, 1.807) is 21.3 Å². The number of methoxy groups -OCH3 is 3. The Hall–Kier alpha value is -1.66. The molecular formula is C17H27ClN2O4. The van der Waals surface area contributed by atoms with Gasteiger partial charge in [-0.1, -0.05) is 6.07 Å².